The van der Waals surface area contributed by atoms with Gasteiger partial charge in [-0.15, -0.1) is 0 Å². The van der Waals surface area contributed by atoms with E-state index >= 15 is 0 Å². The van der Waals surface area contributed by atoms with E-state index in [9.17, 15) is 9.50 Å². The SMILES string of the molecule is CCCn1ccnc1CC(O)c1cc(F)cc(Cl)c1. The van der Waals surface area contributed by atoms with Crippen molar-refractivity contribution in [1.82, 2.24) is 9.55 Å². The first-order valence-electron chi connectivity index (χ1n) is 6.24. The number of aromatic nitrogens is 2. The predicted octanol–water partition coefficient (Wildman–Crippen LogP) is 3.36. The normalized spacial score (nSPS) is 12.6. The van der Waals surface area contributed by atoms with Gasteiger partial charge in [0.1, 0.15) is 11.6 Å². The van der Waals surface area contributed by atoms with Crippen molar-refractivity contribution in [2.24, 2.45) is 0 Å². The molecule has 0 radical (unpaired) electrons. The van der Waals surface area contributed by atoms with Crippen molar-refractivity contribution < 1.29 is 9.50 Å². The number of aliphatic hydroxyl groups is 1. The zero-order chi connectivity index (χ0) is 13.8. The van der Waals surface area contributed by atoms with Gasteiger partial charge < -0.3 is 9.67 Å². The lowest BCUT2D eigenvalue weighted by atomic mass is 10.1. The van der Waals surface area contributed by atoms with Crippen LogP contribution in [-0.2, 0) is 13.0 Å². The van der Waals surface area contributed by atoms with Crippen LogP contribution in [0.3, 0.4) is 0 Å². The van der Waals surface area contributed by atoms with Gasteiger partial charge in [-0.25, -0.2) is 9.37 Å². The number of imidazole rings is 1. The fourth-order valence-electron chi connectivity index (χ4n) is 2.03. The van der Waals surface area contributed by atoms with E-state index in [1.807, 2.05) is 10.8 Å². The van der Waals surface area contributed by atoms with Crippen LogP contribution in [0, 0.1) is 5.82 Å². The van der Waals surface area contributed by atoms with Crippen molar-refractivity contribution >= 4 is 11.6 Å². The third kappa shape index (κ3) is 3.55. The minimum Gasteiger partial charge on any atom is -0.388 e. The van der Waals surface area contributed by atoms with Gasteiger partial charge in [-0.3, -0.25) is 0 Å². The molecule has 0 aliphatic carbocycles. The lowest BCUT2D eigenvalue weighted by molar-refractivity contribution is 0.174. The minimum absolute atomic E-state index is 0.283. The summed E-state index contributed by atoms with van der Waals surface area (Å²) in [4.78, 5) is 4.22. The maximum Gasteiger partial charge on any atom is 0.125 e. The molecule has 0 aliphatic rings. The Morgan fingerprint density at radius 3 is 2.89 bits per heavy atom. The predicted molar refractivity (Wildman–Crippen MR) is 72.6 cm³/mol. The Labute approximate surface area is 116 Å². The van der Waals surface area contributed by atoms with E-state index in [0.29, 0.717) is 12.0 Å². The van der Waals surface area contributed by atoms with Crippen LogP contribution in [-0.4, -0.2) is 14.7 Å². The molecule has 1 N–H and O–H groups in total. The Hall–Kier alpha value is -1.39. The van der Waals surface area contributed by atoms with E-state index < -0.39 is 11.9 Å². The first-order chi connectivity index (χ1) is 9.10. The largest absolute Gasteiger partial charge is 0.388 e. The first kappa shape index (κ1) is 14.0. The molecule has 0 saturated carbocycles. The number of aryl methyl sites for hydroxylation is 1. The van der Waals surface area contributed by atoms with Gasteiger partial charge in [0, 0.05) is 30.4 Å². The average molecular weight is 283 g/mol. The Morgan fingerprint density at radius 2 is 2.21 bits per heavy atom. The van der Waals surface area contributed by atoms with Crippen molar-refractivity contribution in [2.75, 3.05) is 0 Å². The second-order valence-electron chi connectivity index (χ2n) is 4.46. The summed E-state index contributed by atoms with van der Waals surface area (Å²) in [6.07, 6.45) is 4.10. The lowest BCUT2D eigenvalue weighted by Gasteiger charge is -2.13. The molecule has 2 rings (SSSR count). The Bertz CT molecular complexity index is 536. The number of hydrogen-bond donors (Lipinski definition) is 1. The van der Waals surface area contributed by atoms with Gasteiger partial charge in [0.05, 0.1) is 6.10 Å². The summed E-state index contributed by atoms with van der Waals surface area (Å²) in [6.45, 7) is 2.93. The zero-order valence-electron chi connectivity index (χ0n) is 10.7. The second-order valence-corrected chi connectivity index (χ2v) is 4.90. The van der Waals surface area contributed by atoms with Gasteiger partial charge in [0.25, 0.3) is 0 Å². The van der Waals surface area contributed by atoms with Crippen LogP contribution in [0.15, 0.2) is 30.6 Å². The molecule has 102 valence electrons. The Balaban J connectivity index is 2.15. The summed E-state index contributed by atoms with van der Waals surface area (Å²) >= 11 is 5.79. The van der Waals surface area contributed by atoms with Crippen molar-refractivity contribution in [2.45, 2.75) is 32.4 Å². The maximum atomic E-state index is 13.3. The number of rotatable bonds is 5. The van der Waals surface area contributed by atoms with Crippen LogP contribution in [0.25, 0.3) is 0 Å². The Kier molecular flexibility index (Phi) is 4.56. The molecule has 0 amide bonds. The third-order valence-electron chi connectivity index (χ3n) is 2.91. The molecule has 2 aromatic rings. The zero-order valence-corrected chi connectivity index (χ0v) is 11.4. The van der Waals surface area contributed by atoms with Crippen LogP contribution < -0.4 is 0 Å². The van der Waals surface area contributed by atoms with Gasteiger partial charge in [0.2, 0.25) is 0 Å². The van der Waals surface area contributed by atoms with Crippen molar-refractivity contribution in [3.05, 3.63) is 52.8 Å². The van der Waals surface area contributed by atoms with E-state index in [0.717, 1.165) is 18.8 Å². The summed E-state index contributed by atoms with van der Waals surface area (Å²) in [5.74, 6) is 0.341. The van der Waals surface area contributed by atoms with Crippen molar-refractivity contribution in [3.63, 3.8) is 0 Å². The molecule has 0 bridgehead atoms. The molecule has 0 aliphatic heterocycles. The molecule has 0 saturated heterocycles. The molecule has 0 spiro atoms. The molecule has 3 nitrogen and oxygen atoms in total. The van der Waals surface area contributed by atoms with Gasteiger partial charge >= 0.3 is 0 Å². The van der Waals surface area contributed by atoms with Gasteiger partial charge in [-0.1, -0.05) is 18.5 Å². The van der Waals surface area contributed by atoms with Crippen LogP contribution in [0.1, 0.15) is 30.8 Å². The van der Waals surface area contributed by atoms with Crippen LogP contribution in [0.4, 0.5) is 4.39 Å². The van der Waals surface area contributed by atoms with Gasteiger partial charge in [0.15, 0.2) is 0 Å². The van der Waals surface area contributed by atoms with Crippen molar-refractivity contribution in [1.29, 1.82) is 0 Å². The second kappa shape index (κ2) is 6.17. The lowest BCUT2D eigenvalue weighted by Crippen LogP contribution is -2.09. The molecule has 0 fully saturated rings. The summed E-state index contributed by atoms with van der Waals surface area (Å²) < 4.78 is 15.2. The van der Waals surface area contributed by atoms with Crippen molar-refractivity contribution in [3.8, 4) is 0 Å². The fraction of sp³-hybridized carbons (Fsp3) is 0.357. The quantitative estimate of drug-likeness (QED) is 0.913. The summed E-state index contributed by atoms with van der Waals surface area (Å²) in [7, 11) is 0. The van der Waals surface area contributed by atoms with E-state index in [-0.39, 0.29) is 5.02 Å². The highest BCUT2D eigenvalue weighted by Crippen LogP contribution is 2.22. The smallest absolute Gasteiger partial charge is 0.125 e. The highest BCUT2D eigenvalue weighted by Gasteiger charge is 2.14. The van der Waals surface area contributed by atoms with Crippen LogP contribution in [0.5, 0.6) is 0 Å². The average Bonchev–Trinajstić information content (AvgIpc) is 2.76. The summed E-state index contributed by atoms with van der Waals surface area (Å²) in [5.41, 5.74) is 0.469. The number of nitrogens with zero attached hydrogens (tertiary/aromatic N) is 2. The minimum atomic E-state index is -0.814. The van der Waals surface area contributed by atoms with E-state index in [4.69, 9.17) is 11.6 Å². The van der Waals surface area contributed by atoms with Gasteiger partial charge in [-0.05, 0) is 30.2 Å². The first-order valence-corrected chi connectivity index (χ1v) is 6.62. The molecule has 1 aromatic carbocycles. The molecule has 1 atom stereocenters. The molecule has 5 heteroatoms. The summed E-state index contributed by atoms with van der Waals surface area (Å²) in [5, 5.41) is 10.4. The molecule has 19 heavy (non-hydrogen) atoms. The molecular formula is C14H16ClFN2O. The van der Waals surface area contributed by atoms with Crippen LogP contribution >= 0.6 is 11.6 Å². The molecule has 1 unspecified atom stereocenters. The van der Waals surface area contributed by atoms with Gasteiger partial charge in [-0.2, -0.15) is 0 Å². The molecule has 1 heterocycles. The monoisotopic (exact) mass is 282 g/mol. The maximum absolute atomic E-state index is 13.3. The highest BCUT2D eigenvalue weighted by molar-refractivity contribution is 6.30. The standard InChI is InChI=1S/C14H16ClFN2O/c1-2-4-18-5-3-17-14(18)9-13(19)10-6-11(15)8-12(16)7-10/h3,5-8,13,19H,2,4,9H2,1H3. The van der Waals surface area contributed by atoms with Crippen LogP contribution in [0.2, 0.25) is 5.02 Å². The highest BCUT2D eigenvalue weighted by atomic mass is 35.5. The fourth-order valence-corrected chi connectivity index (χ4v) is 2.26. The van der Waals surface area contributed by atoms with E-state index in [2.05, 4.69) is 11.9 Å². The third-order valence-corrected chi connectivity index (χ3v) is 3.13. The number of halogens is 2. The summed E-state index contributed by atoms with van der Waals surface area (Å²) in [6, 6.07) is 4.09. The van der Waals surface area contributed by atoms with E-state index in [1.165, 1.54) is 12.1 Å². The number of hydrogen-bond acceptors (Lipinski definition) is 2. The topological polar surface area (TPSA) is 38.0 Å². The molecule has 1 aromatic heterocycles. The van der Waals surface area contributed by atoms with E-state index in [1.54, 1.807) is 12.3 Å². The number of aliphatic hydroxyl groups excluding tert-OH is 1. The molecular weight excluding hydrogens is 267 g/mol. The number of benzene rings is 1. The Morgan fingerprint density at radius 1 is 1.42 bits per heavy atom.